The van der Waals surface area contributed by atoms with Crippen LogP contribution in [0.3, 0.4) is 0 Å². The lowest BCUT2D eigenvalue weighted by molar-refractivity contribution is -0.141. The lowest BCUT2D eigenvalue weighted by Crippen LogP contribution is -2.24. The monoisotopic (exact) mass is 266 g/mol. The minimum atomic E-state index is -0.679. The molecule has 0 saturated heterocycles. The summed E-state index contributed by atoms with van der Waals surface area (Å²) in [5.41, 5.74) is 1.02. The van der Waals surface area contributed by atoms with Gasteiger partial charge in [-0.05, 0) is 25.3 Å². The summed E-state index contributed by atoms with van der Waals surface area (Å²) >= 11 is 1.52. The van der Waals surface area contributed by atoms with E-state index in [-0.39, 0.29) is 11.2 Å². The number of hydrogen-bond donors (Lipinski definition) is 1. The van der Waals surface area contributed by atoms with Crippen molar-refractivity contribution in [3.05, 3.63) is 18.0 Å². The molecule has 1 heterocycles. The standard InChI is InChI=1S/C13H18N2O2S/c1-9-7-14-13(15-8-9)18-11-6-4-2-3-5-10(11)12(16)17/h7-8,10-11H,2-6H2,1H3,(H,16,17). The number of nitrogens with zero attached hydrogens (tertiary/aromatic N) is 2. The molecule has 0 spiro atoms. The average Bonchev–Trinajstić information content (AvgIpc) is 2.57. The third-order valence-electron chi connectivity index (χ3n) is 3.28. The van der Waals surface area contributed by atoms with Gasteiger partial charge in [0.1, 0.15) is 0 Å². The molecule has 1 aliphatic rings. The van der Waals surface area contributed by atoms with Crippen LogP contribution < -0.4 is 0 Å². The van der Waals surface area contributed by atoms with E-state index in [2.05, 4.69) is 9.97 Å². The summed E-state index contributed by atoms with van der Waals surface area (Å²) in [6.45, 7) is 1.94. The first kappa shape index (κ1) is 13.3. The molecule has 0 bridgehead atoms. The quantitative estimate of drug-likeness (QED) is 0.673. The van der Waals surface area contributed by atoms with Crippen LogP contribution in [0.1, 0.15) is 37.7 Å². The lowest BCUT2D eigenvalue weighted by Gasteiger charge is -2.19. The number of aromatic nitrogens is 2. The van der Waals surface area contributed by atoms with Crippen LogP contribution in [-0.2, 0) is 4.79 Å². The fourth-order valence-corrected chi connectivity index (χ4v) is 3.47. The number of aryl methyl sites for hydroxylation is 1. The molecule has 0 aromatic carbocycles. The van der Waals surface area contributed by atoms with E-state index in [0.29, 0.717) is 5.16 Å². The molecule has 1 aromatic heterocycles. The smallest absolute Gasteiger partial charge is 0.307 e. The molecule has 2 atom stereocenters. The molecule has 1 aliphatic carbocycles. The summed E-state index contributed by atoms with van der Waals surface area (Å²) in [5, 5.41) is 10.1. The summed E-state index contributed by atoms with van der Waals surface area (Å²) in [5.74, 6) is -0.941. The molecule has 1 saturated carbocycles. The number of carboxylic acid groups (broad SMARTS) is 1. The number of thioether (sulfide) groups is 1. The van der Waals surface area contributed by atoms with Gasteiger partial charge in [-0.3, -0.25) is 4.79 Å². The molecule has 1 N–H and O–H groups in total. The van der Waals surface area contributed by atoms with E-state index in [0.717, 1.165) is 37.7 Å². The van der Waals surface area contributed by atoms with Gasteiger partial charge in [0.15, 0.2) is 5.16 Å². The molecule has 1 aromatic rings. The first-order chi connectivity index (χ1) is 8.66. The van der Waals surface area contributed by atoms with Gasteiger partial charge >= 0.3 is 5.97 Å². The van der Waals surface area contributed by atoms with Crippen molar-refractivity contribution in [3.8, 4) is 0 Å². The topological polar surface area (TPSA) is 63.1 Å². The first-order valence-electron chi connectivity index (χ1n) is 6.35. The Hall–Kier alpha value is -1.10. The second-order valence-electron chi connectivity index (χ2n) is 4.78. The van der Waals surface area contributed by atoms with Crippen LogP contribution in [0.25, 0.3) is 0 Å². The van der Waals surface area contributed by atoms with Gasteiger partial charge < -0.3 is 5.11 Å². The van der Waals surface area contributed by atoms with Crippen molar-refractivity contribution in [3.63, 3.8) is 0 Å². The number of carbonyl (C=O) groups is 1. The lowest BCUT2D eigenvalue weighted by atomic mass is 10.0. The number of rotatable bonds is 3. The van der Waals surface area contributed by atoms with Gasteiger partial charge in [0.25, 0.3) is 0 Å². The number of hydrogen-bond acceptors (Lipinski definition) is 4. The largest absolute Gasteiger partial charge is 0.481 e. The maximum atomic E-state index is 11.3. The highest BCUT2D eigenvalue weighted by atomic mass is 32.2. The van der Waals surface area contributed by atoms with Gasteiger partial charge in [-0.15, -0.1) is 0 Å². The third kappa shape index (κ3) is 3.45. The summed E-state index contributed by atoms with van der Waals surface area (Å²) in [6.07, 6.45) is 8.53. The average molecular weight is 266 g/mol. The van der Waals surface area contributed by atoms with Crippen LogP contribution in [0.15, 0.2) is 17.6 Å². The minimum absolute atomic E-state index is 0.104. The molecule has 0 radical (unpaired) electrons. The minimum Gasteiger partial charge on any atom is -0.481 e. The molecular formula is C13H18N2O2S. The van der Waals surface area contributed by atoms with Crippen LogP contribution >= 0.6 is 11.8 Å². The third-order valence-corrected chi connectivity index (χ3v) is 4.57. The number of carboxylic acids is 1. The Kier molecular flexibility index (Phi) is 4.58. The van der Waals surface area contributed by atoms with Gasteiger partial charge in [0, 0.05) is 17.6 Å². The van der Waals surface area contributed by atoms with Gasteiger partial charge in [-0.1, -0.05) is 31.0 Å². The van der Waals surface area contributed by atoms with Crippen molar-refractivity contribution >= 4 is 17.7 Å². The van der Waals surface area contributed by atoms with Crippen LogP contribution in [0.2, 0.25) is 0 Å². The zero-order valence-electron chi connectivity index (χ0n) is 10.5. The normalized spacial score (nSPS) is 24.5. The predicted octanol–water partition coefficient (Wildman–Crippen LogP) is 2.91. The Balaban J connectivity index is 2.08. The summed E-state index contributed by atoms with van der Waals surface area (Å²) in [7, 11) is 0. The van der Waals surface area contributed by atoms with Crippen molar-refractivity contribution in [2.24, 2.45) is 5.92 Å². The van der Waals surface area contributed by atoms with E-state index in [4.69, 9.17) is 0 Å². The van der Waals surface area contributed by atoms with Crippen LogP contribution in [0.5, 0.6) is 0 Å². The molecule has 5 heteroatoms. The highest BCUT2D eigenvalue weighted by Gasteiger charge is 2.30. The highest BCUT2D eigenvalue weighted by molar-refractivity contribution is 7.99. The van der Waals surface area contributed by atoms with Crippen molar-refractivity contribution in [1.82, 2.24) is 9.97 Å². The van der Waals surface area contributed by atoms with Crippen LogP contribution in [0, 0.1) is 12.8 Å². The van der Waals surface area contributed by atoms with Crippen LogP contribution in [0.4, 0.5) is 0 Å². The van der Waals surface area contributed by atoms with Crippen LogP contribution in [-0.4, -0.2) is 26.3 Å². The van der Waals surface area contributed by atoms with E-state index < -0.39 is 5.97 Å². The Morgan fingerprint density at radius 3 is 2.61 bits per heavy atom. The van der Waals surface area contributed by atoms with E-state index >= 15 is 0 Å². The highest BCUT2D eigenvalue weighted by Crippen LogP contribution is 2.35. The predicted molar refractivity (Wildman–Crippen MR) is 70.6 cm³/mol. The van der Waals surface area contributed by atoms with Crippen molar-refractivity contribution in [2.45, 2.75) is 49.4 Å². The molecule has 0 aliphatic heterocycles. The van der Waals surface area contributed by atoms with Gasteiger partial charge in [-0.2, -0.15) is 0 Å². The molecule has 1 fully saturated rings. The van der Waals surface area contributed by atoms with E-state index in [1.54, 1.807) is 12.4 Å². The molecule has 18 heavy (non-hydrogen) atoms. The zero-order valence-corrected chi connectivity index (χ0v) is 11.3. The van der Waals surface area contributed by atoms with Gasteiger partial charge in [-0.25, -0.2) is 9.97 Å². The van der Waals surface area contributed by atoms with E-state index in [1.165, 1.54) is 11.8 Å². The molecule has 98 valence electrons. The van der Waals surface area contributed by atoms with Gasteiger partial charge in [0.2, 0.25) is 0 Å². The Morgan fingerprint density at radius 1 is 1.28 bits per heavy atom. The maximum Gasteiger partial charge on any atom is 0.307 e. The Bertz CT molecular complexity index is 408. The zero-order chi connectivity index (χ0) is 13.0. The van der Waals surface area contributed by atoms with E-state index in [9.17, 15) is 9.90 Å². The summed E-state index contributed by atoms with van der Waals surface area (Å²) < 4.78 is 0. The second-order valence-corrected chi connectivity index (χ2v) is 5.99. The molecule has 0 amide bonds. The van der Waals surface area contributed by atoms with Crippen molar-refractivity contribution in [1.29, 1.82) is 0 Å². The second kappa shape index (κ2) is 6.18. The number of aliphatic carboxylic acids is 1. The fraction of sp³-hybridized carbons (Fsp3) is 0.615. The molecule has 2 rings (SSSR count). The SMILES string of the molecule is Cc1cnc(SC2CCCCCC2C(=O)O)nc1. The first-order valence-corrected chi connectivity index (χ1v) is 7.23. The molecular weight excluding hydrogens is 248 g/mol. The van der Waals surface area contributed by atoms with E-state index in [1.807, 2.05) is 6.92 Å². The van der Waals surface area contributed by atoms with Crippen molar-refractivity contribution in [2.75, 3.05) is 0 Å². The van der Waals surface area contributed by atoms with Gasteiger partial charge in [0.05, 0.1) is 5.92 Å². The Morgan fingerprint density at radius 2 is 1.94 bits per heavy atom. The summed E-state index contributed by atoms with van der Waals surface area (Å²) in [4.78, 5) is 19.8. The molecule has 4 nitrogen and oxygen atoms in total. The fourth-order valence-electron chi connectivity index (χ4n) is 2.27. The maximum absolute atomic E-state index is 11.3. The molecule has 2 unspecified atom stereocenters. The van der Waals surface area contributed by atoms with Crippen molar-refractivity contribution < 1.29 is 9.90 Å². The Labute approximate surface area is 111 Å². The summed E-state index contributed by atoms with van der Waals surface area (Å²) in [6, 6.07) is 0.